The molecule has 1 aromatic rings. The van der Waals surface area contributed by atoms with E-state index in [4.69, 9.17) is 23.5 Å². The summed E-state index contributed by atoms with van der Waals surface area (Å²) in [7, 11) is 15.5. The van der Waals surface area contributed by atoms with Crippen LogP contribution in [0.5, 0.6) is 0 Å². The fourth-order valence-corrected chi connectivity index (χ4v) is 0.931. The molecule has 1 N–H and O–H groups in total. The first kappa shape index (κ1) is 11.8. The van der Waals surface area contributed by atoms with Crippen molar-refractivity contribution in [2.45, 2.75) is 12.2 Å². The molecule has 1 rings (SSSR count). The fraction of sp³-hybridized carbons (Fsp3) is 0.250. The predicted molar refractivity (Wildman–Crippen MR) is 56.4 cm³/mol. The number of carbonyl (C=O) groups excluding carboxylic acids is 1. The van der Waals surface area contributed by atoms with E-state index >= 15 is 0 Å². The third-order valence-corrected chi connectivity index (χ3v) is 1.58. The van der Waals surface area contributed by atoms with E-state index in [9.17, 15) is 9.18 Å². The van der Waals surface area contributed by atoms with Crippen molar-refractivity contribution in [1.82, 2.24) is 10.3 Å². The maximum atomic E-state index is 12.8. The summed E-state index contributed by atoms with van der Waals surface area (Å²) in [5, 5.41) is 0.273. The summed E-state index contributed by atoms with van der Waals surface area (Å²) in [6.45, 7) is 1.44. The van der Waals surface area contributed by atoms with Gasteiger partial charge in [0.1, 0.15) is 11.5 Å². The van der Waals surface area contributed by atoms with Crippen molar-refractivity contribution in [3.63, 3.8) is 0 Å². The Morgan fingerprint density at radius 3 is 2.53 bits per heavy atom. The lowest BCUT2D eigenvalue weighted by Crippen LogP contribution is -2.50. The summed E-state index contributed by atoms with van der Waals surface area (Å²) in [4.78, 5) is 15.1. The third-order valence-electron chi connectivity index (χ3n) is 1.58. The number of carbonyl (C=O) groups is 1. The molecule has 0 saturated heterocycles. The molecule has 0 unspecified atom stereocenters. The minimum absolute atomic E-state index is 0.000347. The van der Waals surface area contributed by atoms with Gasteiger partial charge in [0.25, 0.3) is 5.91 Å². The van der Waals surface area contributed by atoms with E-state index < -0.39 is 17.0 Å². The molecule has 6 radical (unpaired) electrons. The predicted octanol–water partition coefficient (Wildman–Crippen LogP) is -0.624. The Morgan fingerprint density at radius 1 is 1.47 bits per heavy atom. The first-order valence-corrected chi connectivity index (χ1v) is 4.12. The number of pyridine rings is 1. The summed E-state index contributed by atoms with van der Waals surface area (Å²) in [6.07, 6.45) is 0. The molecule has 7 heteroatoms. The summed E-state index contributed by atoms with van der Waals surface area (Å²) in [6, 6.07) is 2.34. The molecule has 1 amide bonds. The van der Waals surface area contributed by atoms with Gasteiger partial charge in [-0.05, 0) is 19.1 Å². The molecule has 0 aliphatic rings. The lowest BCUT2D eigenvalue weighted by atomic mass is 9.49. The maximum Gasteiger partial charge on any atom is 0.268 e. The zero-order valence-electron chi connectivity index (χ0n) is 8.12. The molecule has 1 heterocycles. The highest BCUT2D eigenvalue weighted by Gasteiger charge is 2.15. The van der Waals surface area contributed by atoms with E-state index in [0.717, 1.165) is 6.07 Å². The Hall–Kier alpha value is -1.26. The van der Waals surface area contributed by atoms with Gasteiger partial charge in [-0.15, -0.1) is 0 Å². The Morgan fingerprint density at radius 2 is 2.07 bits per heavy atom. The number of aromatic nitrogens is 1. The molecule has 15 heavy (non-hydrogen) atoms. The van der Waals surface area contributed by atoms with Gasteiger partial charge in [0.2, 0.25) is 0 Å². The van der Waals surface area contributed by atoms with Gasteiger partial charge in [0.05, 0.1) is 29.2 Å². The van der Waals surface area contributed by atoms with Gasteiger partial charge in [-0.2, -0.15) is 0 Å². The van der Waals surface area contributed by atoms with Crippen LogP contribution in [0.4, 0.5) is 4.39 Å². The van der Waals surface area contributed by atoms with Gasteiger partial charge in [0.15, 0.2) is 0 Å². The molecule has 70 valence electrons. The van der Waals surface area contributed by atoms with Crippen molar-refractivity contribution in [2.75, 3.05) is 0 Å². The normalized spacial score (nSPS) is 11.1. The minimum atomic E-state index is -1.82. The van der Waals surface area contributed by atoms with Crippen molar-refractivity contribution < 1.29 is 9.18 Å². The zero-order chi connectivity index (χ0) is 11.6. The second-order valence-corrected chi connectivity index (χ2v) is 3.15. The van der Waals surface area contributed by atoms with Crippen molar-refractivity contribution in [3.8, 4) is 0 Å². The summed E-state index contributed by atoms with van der Waals surface area (Å²) in [5.74, 6) is -1.16. The Labute approximate surface area is 91.1 Å². The lowest BCUT2D eigenvalue weighted by molar-refractivity contribution is 0.0947. The van der Waals surface area contributed by atoms with Gasteiger partial charge in [-0.25, -0.2) is 9.37 Å². The molecule has 0 aromatic carbocycles. The topological polar surface area (TPSA) is 42.0 Å². The summed E-state index contributed by atoms with van der Waals surface area (Å²) in [5.41, 5.74) is 0.110. The smallest absolute Gasteiger partial charge is 0.268 e. The van der Waals surface area contributed by atoms with Crippen molar-refractivity contribution in [3.05, 3.63) is 29.3 Å². The summed E-state index contributed by atoms with van der Waals surface area (Å²) >= 11 is 0. The van der Waals surface area contributed by atoms with Crippen LogP contribution in [0.2, 0.25) is 0 Å². The molecular formula is C8H6B3FN2O. The van der Waals surface area contributed by atoms with Crippen molar-refractivity contribution >= 4 is 29.4 Å². The Bertz CT molecular complexity index is 392. The molecule has 0 spiro atoms. The van der Waals surface area contributed by atoms with Gasteiger partial charge in [-0.1, -0.05) is 5.24 Å². The molecular weight excluding hydrogens is 192 g/mol. The first-order valence-electron chi connectivity index (χ1n) is 4.12. The molecule has 0 saturated carbocycles. The molecule has 0 aliphatic heterocycles. The average molecular weight is 198 g/mol. The molecule has 0 aliphatic carbocycles. The van der Waals surface area contributed by atoms with E-state index in [1.165, 1.54) is 13.0 Å². The highest BCUT2D eigenvalue weighted by molar-refractivity contribution is 6.60. The van der Waals surface area contributed by atoms with Crippen LogP contribution in [0.25, 0.3) is 0 Å². The van der Waals surface area contributed by atoms with E-state index in [2.05, 4.69) is 10.3 Å². The van der Waals surface area contributed by atoms with Gasteiger partial charge < -0.3 is 5.32 Å². The van der Waals surface area contributed by atoms with Crippen LogP contribution in [0.3, 0.4) is 0 Å². The van der Waals surface area contributed by atoms with Crippen molar-refractivity contribution in [1.29, 1.82) is 0 Å². The van der Waals surface area contributed by atoms with E-state index in [1.807, 2.05) is 0 Å². The summed E-state index contributed by atoms with van der Waals surface area (Å²) < 4.78 is 12.8. The minimum Gasteiger partial charge on any atom is -0.371 e. The standard InChI is InChI=1S/C8H6B3FN2O/c1-4-5(12)2-3-6(13-4)7(15)14-8(9,10)11/h2-3H,1H3,(H,14,15). The van der Waals surface area contributed by atoms with Crippen LogP contribution in [0.1, 0.15) is 16.2 Å². The number of aryl methyl sites for hydroxylation is 1. The third kappa shape index (κ3) is 3.42. The maximum absolute atomic E-state index is 12.8. The molecule has 1 aromatic heterocycles. The zero-order valence-corrected chi connectivity index (χ0v) is 8.12. The number of amides is 1. The highest BCUT2D eigenvalue weighted by Crippen LogP contribution is 2.04. The number of hydrogen-bond acceptors (Lipinski definition) is 2. The number of nitrogens with zero attached hydrogens (tertiary/aromatic N) is 1. The SMILES string of the molecule is [B]C([B])([B])NC(=O)c1ccc(F)c(C)n1. The molecule has 0 fully saturated rings. The van der Waals surface area contributed by atoms with Crippen LogP contribution < -0.4 is 5.32 Å². The van der Waals surface area contributed by atoms with Crippen LogP contribution >= 0.6 is 0 Å². The van der Waals surface area contributed by atoms with Crippen LogP contribution in [-0.4, -0.2) is 39.7 Å². The van der Waals surface area contributed by atoms with Crippen LogP contribution in [-0.2, 0) is 0 Å². The number of nitrogens with one attached hydrogen (secondary N) is 1. The van der Waals surface area contributed by atoms with E-state index in [1.54, 1.807) is 0 Å². The second-order valence-electron chi connectivity index (χ2n) is 3.15. The molecule has 0 bridgehead atoms. The quantitative estimate of drug-likeness (QED) is 0.642. The molecule has 3 nitrogen and oxygen atoms in total. The Balaban J connectivity index is 2.88. The molecule has 0 atom stereocenters. The average Bonchev–Trinajstić information content (AvgIpc) is 2.06. The highest BCUT2D eigenvalue weighted by atomic mass is 19.1. The van der Waals surface area contributed by atoms with Gasteiger partial charge in [-0.3, -0.25) is 4.79 Å². The number of halogens is 1. The Kier molecular flexibility index (Phi) is 3.22. The van der Waals surface area contributed by atoms with Crippen LogP contribution in [0.15, 0.2) is 12.1 Å². The first-order chi connectivity index (χ1) is 6.79. The second kappa shape index (κ2) is 4.09. The lowest BCUT2D eigenvalue weighted by Gasteiger charge is -2.21. The monoisotopic (exact) mass is 198 g/mol. The van der Waals surface area contributed by atoms with E-state index in [0.29, 0.717) is 0 Å². The van der Waals surface area contributed by atoms with Crippen molar-refractivity contribution in [2.24, 2.45) is 0 Å². The van der Waals surface area contributed by atoms with Gasteiger partial charge in [0, 0.05) is 0 Å². The number of rotatable bonds is 2. The van der Waals surface area contributed by atoms with Crippen LogP contribution in [0, 0.1) is 12.7 Å². The largest absolute Gasteiger partial charge is 0.371 e. The van der Waals surface area contributed by atoms with Gasteiger partial charge >= 0.3 is 0 Å². The fourth-order valence-electron chi connectivity index (χ4n) is 0.931. The van der Waals surface area contributed by atoms with E-state index in [-0.39, 0.29) is 11.4 Å². The number of hydrogen-bond donors (Lipinski definition) is 1.